The largest absolute Gasteiger partial charge is 0.495 e. The molecule has 1 saturated heterocycles. The van der Waals surface area contributed by atoms with Gasteiger partial charge in [-0.1, -0.05) is 23.7 Å². The Morgan fingerprint density at radius 1 is 1.25 bits per heavy atom. The van der Waals surface area contributed by atoms with Gasteiger partial charge in [0.15, 0.2) is 0 Å². The first-order valence-electron chi connectivity index (χ1n) is 10.5. The quantitative estimate of drug-likeness (QED) is 0.684. The van der Waals surface area contributed by atoms with E-state index in [9.17, 15) is 18.5 Å². The smallest absolute Gasteiger partial charge is 0.246 e. The van der Waals surface area contributed by atoms with E-state index in [0.717, 1.165) is 18.4 Å². The number of hydrogen-bond acceptors (Lipinski definition) is 5. The molecule has 2 aromatic rings. The molecule has 0 aromatic heterocycles. The zero-order valence-electron chi connectivity index (χ0n) is 17.7. The van der Waals surface area contributed by atoms with Crippen LogP contribution in [0.2, 0.25) is 5.02 Å². The fraction of sp³-hybridized carbons (Fsp3) is 0.391. The van der Waals surface area contributed by atoms with Crippen LogP contribution in [0.5, 0.6) is 5.75 Å². The maximum Gasteiger partial charge on any atom is 0.246 e. The maximum atomic E-state index is 13.2. The Hall–Kier alpha value is -2.60. The third-order valence-electron chi connectivity index (χ3n) is 6.17. The highest BCUT2D eigenvalue weighted by atomic mass is 35.5. The van der Waals surface area contributed by atoms with Crippen molar-refractivity contribution in [3.05, 3.63) is 53.1 Å². The lowest BCUT2D eigenvalue weighted by Crippen LogP contribution is -2.43. The van der Waals surface area contributed by atoms with E-state index < -0.39 is 15.9 Å². The molecule has 1 aliphatic carbocycles. The van der Waals surface area contributed by atoms with Crippen molar-refractivity contribution in [2.45, 2.75) is 36.0 Å². The van der Waals surface area contributed by atoms with Crippen LogP contribution in [-0.4, -0.2) is 38.8 Å². The lowest BCUT2D eigenvalue weighted by molar-refractivity contribution is -0.120. The van der Waals surface area contributed by atoms with Crippen molar-refractivity contribution >= 4 is 33.2 Å². The summed E-state index contributed by atoms with van der Waals surface area (Å²) in [6, 6.07) is 14.1. The molecule has 1 N–H and O–H groups in total. The van der Waals surface area contributed by atoms with Gasteiger partial charge in [0, 0.05) is 23.8 Å². The van der Waals surface area contributed by atoms with Crippen LogP contribution in [0.1, 0.15) is 31.2 Å². The highest BCUT2D eigenvalue weighted by molar-refractivity contribution is 7.89. The molecule has 0 radical (unpaired) electrons. The molecule has 2 fully saturated rings. The maximum absolute atomic E-state index is 13.2. The molecule has 0 bridgehead atoms. The summed E-state index contributed by atoms with van der Waals surface area (Å²) in [7, 11) is -2.47. The minimum absolute atomic E-state index is 0.00403. The number of nitrogens with one attached hydrogen (secondary N) is 1. The van der Waals surface area contributed by atoms with Crippen molar-refractivity contribution in [3.63, 3.8) is 0 Å². The summed E-state index contributed by atoms with van der Waals surface area (Å²) < 4.78 is 33.0. The molecule has 2 aromatic carbocycles. The number of halogens is 1. The number of methoxy groups -OCH3 is 1. The number of carbonyl (C=O) groups is 1. The molecule has 9 heteroatoms. The van der Waals surface area contributed by atoms with Crippen molar-refractivity contribution < 1.29 is 17.9 Å². The van der Waals surface area contributed by atoms with Crippen molar-refractivity contribution in [2.75, 3.05) is 25.5 Å². The Bertz CT molecular complexity index is 1170. The number of carbonyl (C=O) groups excluding carboxylic acids is 1. The Kier molecular flexibility index (Phi) is 6.17. The van der Waals surface area contributed by atoms with Crippen LogP contribution in [0.4, 0.5) is 5.69 Å². The van der Waals surface area contributed by atoms with Crippen molar-refractivity contribution in [2.24, 2.45) is 5.92 Å². The molecule has 168 valence electrons. The first kappa shape index (κ1) is 22.6. The van der Waals surface area contributed by atoms with Crippen LogP contribution >= 0.6 is 11.6 Å². The second-order valence-electron chi connectivity index (χ2n) is 8.26. The van der Waals surface area contributed by atoms with Gasteiger partial charge in [-0.05, 0) is 61.6 Å². The minimum Gasteiger partial charge on any atom is -0.495 e. The van der Waals surface area contributed by atoms with Crippen LogP contribution in [0.3, 0.4) is 0 Å². The topological polar surface area (TPSA) is 99.5 Å². The van der Waals surface area contributed by atoms with Crippen LogP contribution in [-0.2, 0) is 20.2 Å². The highest BCUT2D eigenvalue weighted by Gasteiger charge is 2.44. The van der Waals surface area contributed by atoms with Gasteiger partial charge in [-0.3, -0.25) is 4.79 Å². The lowest BCUT2D eigenvalue weighted by Gasteiger charge is -2.31. The molecule has 1 unspecified atom stereocenters. The van der Waals surface area contributed by atoms with Gasteiger partial charge >= 0.3 is 0 Å². The first-order valence-corrected chi connectivity index (χ1v) is 12.3. The van der Waals surface area contributed by atoms with Crippen LogP contribution in [0.15, 0.2) is 47.4 Å². The molecular weight excluding hydrogens is 450 g/mol. The Morgan fingerprint density at radius 2 is 1.97 bits per heavy atom. The van der Waals surface area contributed by atoms with Gasteiger partial charge in [0.2, 0.25) is 15.9 Å². The normalized spacial score (nSPS) is 20.2. The van der Waals surface area contributed by atoms with Gasteiger partial charge in [-0.15, -0.1) is 0 Å². The molecule has 32 heavy (non-hydrogen) atoms. The molecule has 1 amide bonds. The Balaban J connectivity index is 1.46. The van der Waals surface area contributed by atoms with Gasteiger partial charge in [0.05, 0.1) is 24.5 Å². The van der Waals surface area contributed by atoms with E-state index in [1.54, 1.807) is 18.2 Å². The lowest BCUT2D eigenvalue weighted by atomic mass is 9.97. The number of amides is 1. The molecule has 1 saturated carbocycles. The average molecular weight is 474 g/mol. The molecular formula is C23H24ClN3O4S. The number of anilines is 1. The van der Waals surface area contributed by atoms with Crippen molar-refractivity contribution in [1.29, 1.82) is 5.26 Å². The molecule has 2 aliphatic rings. The summed E-state index contributed by atoms with van der Waals surface area (Å²) >= 11 is 6.02. The van der Waals surface area contributed by atoms with E-state index in [4.69, 9.17) is 16.3 Å². The molecule has 4 rings (SSSR count). The number of nitrogens with zero attached hydrogens (tertiary/aromatic N) is 2. The van der Waals surface area contributed by atoms with E-state index in [1.165, 1.54) is 23.5 Å². The van der Waals surface area contributed by atoms with Crippen molar-refractivity contribution in [3.8, 4) is 11.8 Å². The standard InChI is InChI=1S/C23H24ClN3O4S/c1-31-20-9-6-18(24)13-21(20)32(29,30)27-12-2-3-16(14-27)22(28)26-19-7-4-17(5-8-19)23(15-25)10-11-23/h4-9,13,16H,2-3,10-12,14H2,1H3,(H,26,28). The number of ether oxygens (including phenoxy) is 1. The van der Waals surface area contributed by atoms with Crippen LogP contribution < -0.4 is 10.1 Å². The Labute approximate surface area is 193 Å². The summed E-state index contributed by atoms with van der Waals surface area (Å²) in [6.45, 7) is 0.409. The molecule has 1 heterocycles. The molecule has 1 atom stereocenters. The number of benzene rings is 2. The summed E-state index contributed by atoms with van der Waals surface area (Å²) in [5.41, 5.74) is 1.22. The average Bonchev–Trinajstić information content (AvgIpc) is 3.61. The fourth-order valence-electron chi connectivity index (χ4n) is 4.07. The second-order valence-corrected chi connectivity index (χ2v) is 10.6. The zero-order valence-corrected chi connectivity index (χ0v) is 19.2. The third-order valence-corrected chi connectivity index (χ3v) is 8.29. The van der Waals surface area contributed by atoms with Crippen molar-refractivity contribution in [1.82, 2.24) is 4.31 Å². The Morgan fingerprint density at radius 3 is 2.59 bits per heavy atom. The number of piperidine rings is 1. The van der Waals surface area contributed by atoms with Gasteiger partial charge < -0.3 is 10.1 Å². The molecule has 0 spiro atoms. The third kappa shape index (κ3) is 4.33. The number of nitriles is 1. The zero-order chi connectivity index (χ0) is 22.9. The number of sulfonamides is 1. The van der Waals surface area contributed by atoms with Gasteiger partial charge in [0.1, 0.15) is 10.6 Å². The SMILES string of the molecule is COc1ccc(Cl)cc1S(=O)(=O)N1CCCC(C(=O)Nc2ccc(C3(C#N)CC3)cc2)C1. The summed E-state index contributed by atoms with van der Waals surface area (Å²) in [4.78, 5) is 12.9. The van der Waals surface area contributed by atoms with E-state index in [1.807, 2.05) is 12.1 Å². The van der Waals surface area contributed by atoms with Crippen LogP contribution in [0, 0.1) is 17.2 Å². The van der Waals surface area contributed by atoms with Gasteiger partial charge in [0.25, 0.3) is 0 Å². The van der Waals surface area contributed by atoms with E-state index in [-0.39, 0.29) is 28.5 Å². The highest BCUT2D eigenvalue weighted by Crippen LogP contribution is 2.47. The first-order chi connectivity index (χ1) is 15.3. The monoisotopic (exact) mass is 473 g/mol. The number of hydrogen-bond donors (Lipinski definition) is 1. The summed E-state index contributed by atoms with van der Waals surface area (Å²) in [5.74, 6) is -0.485. The van der Waals surface area contributed by atoms with E-state index in [0.29, 0.717) is 30.1 Å². The number of rotatable bonds is 6. The van der Waals surface area contributed by atoms with E-state index >= 15 is 0 Å². The molecule has 1 aliphatic heterocycles. The van der Waals surface area contributed by atoms with Crippen LogP contribution in [0.25, 0.3) is 0 Å². The fourth-order valence-corrected chi connectivity index (χ4v) is 6.02. The minimum atomic E-state index is -3.87. The predicted molar refractivity (Wildman–Crippen MR) is 121 cm³/mol. The second kappa shape index (κ2) is 8.74. The van der Waals surface area contributed by atoms with Gasteiger partial charge in [-0.2, -0.15) is 9.57 Å². The van der Waals surface area contributed by atoms with E-state index in [2.05, 4.69) is 11.4 Å². The summed E-state index contributed by atoms with van der Waals surface area (Å²) in [6.07, 6.45) is 2.89. The predicted octanol–water partition coefficient (Wildman–Crippen LogP) is 3.94. The summed E-state index contributed by atoms with van der Waals surface area (Å²) in [5, 5.41) is 12.5. The van der Waals surface area contributed by atoms with Gasteiger partial charge in [-0.25, -0.2) is 8.42 Å². The molecule has 7 nitrogen and oxygen atoms in total.